The lowest BCUT2D eigenvalue weighted by Crippen LogP contribution is -2.38. The quantitative estimate of drug-likeness (QED) is 0.591. The zero-order valence-corrected chi connectivity index (χ0v) is 19.6. The number of carbonyl (C=O) groups excluding carboxylic acids is 1. The SMILES string of the molecule is CC1CC(C)CN(Cc2ccc(CNC(=O)CCc3ccccc3N)cc2)C1.Cl.Cl. The fraction of sp³-hybridized carbons (Fsp3) is 0.458. The molecule has 0 bridgehead atoms. The van der Waals surface area contributed by atoms with E-state index >= 15 is 0 Å². The molecule has 166 valence electrons. The molecule has 1 aliphatic rings. The minimum absolute atomic E-state index is 0. The first-order valence-electron chi connectivity index (χ1n) is 10.4. The second-order valence-electron chi connectivity index (χ2n) is 8.43. The maximum atomic E-state index is 12.1. The van der Waals surface area contributed by atoms with Crippen molar-refractivity contribution in [2.45, 2.75) is 46.2 Å². The van der Waals surface area contributed by atoms with Gasteiger partial charge >= 0.3 is 0 Å². The topological polar surface area (TPSA) is 58.4 Å². The minimum atomic E-state index is 0. The van der Waals surface area contributed by atoms with Crippen molar-refractivity contribution in [3.05, 3.63) is 65.2 Å². The highest BCUT2D eigenvalue weighted by Gasteiger charge is 2.21. The van der Waals surface area contributed by atoms with Crippen molar-refractivity contribution in [3.8, 4) is 0 Å². The van der Waals surface area contributed by atoms with E-state index in [1.165, 1.54) is 25.1 Å². The molecule has 2 aromatic carbocycles. The van der Waals surface area contributed by atoms with Gasteiger partial charge < -0.3 is 11.1 Å². The summed E-state index contributed by atoms with van der Waals surface area (Å²) < 4.78 is 0. The Bertz CT molecular complexity index is 772. The molecule has 4 nitrogen and oxygen atoms in total. The number of nitrogens with one attached hydrogen (secondary N) is 1. The lowest BCUT2D eigenvalue weighted by Gasteiger charge is -2.35. The summed E-state index contributed by atoms with van der Waals surface area (Å²) in [6.45, 7) is 8.66. The van der Waals surface area contributed by atoms with Crippen LogP contribution in [0.25, 0.3) is 0 Å². The van der Waals surface area contributed by atoms with Crippen LogP contribution in [0.5, 0.6) is 0 Å². The standard InChI is InChI=1S/C24H33N3O.2ClH/c1-18-13-19(2)16-27(15-18)17-21-9-7-20(8-10-21)14-26-24(28)12-11-22-5-3-4-6-23(22)25;;/h3-10,18-19H,11-17,25H2,1-2H3,(H,26,28);2*1H. The molecule has 1 aliphatic heterocycles. The summed E-state index contributed by atoms with van der Waals surface area (Å²) in [6, 6.07) is 16.4. The third-order valence-corrected chi connectivity index (χ3v) is 5.54. The molecule has 6 heteroatoms. The zero-order valence-electron chi connectivity index (χ0n) is 18.0. The number of nitrogens with two attached hydrogens (primary N) is 1. The maximum absolute atomic E-state index is 12.1. The van der Waals surface area contributed by atoms with E-state index in [0.29, 0.717) is 19.4 Å². The average Bonchev–Trinajstić information content (AvgIpc) is 2.66. The molecular formula is C24H35Cl2N3O. The number of nitrogens with zero attached hydrogens (tertiary/aromatic N) is 1. The summed E-state index contributed by atoms with van der Waals surface area (Å²) in [5.74, 6) is 1.62. The molecule has 3 rings (SSSR count). The first-order chi connectivity index (χ1) is 13.5. The molecular weight excluding hydrogens is 417 g/mol. The number of piperidine rings is 1. The Morgan fingerprint density at radius 1 is 1.00 bits per heavy atom. The first-order valence-corrected chi connectivity index (χ1v) is 10.4. The molecule has 0 saturated carbocycles. The number of aryl methyl sites for hydroxylation is 1. The van der Waals surface area contributed by atoms with E-state index in [2.05, 4.69) is 48.3 Å². The molecule has 0 spiro atoms. The van der Waals surface area contributed by atoms with Gasteiger partial charge in [-0.05, 0) is 47.4 Å². The molecule has 2 atom stereocenters. The van der Waals surface area contributed by atoms with E-state index in [1.54, 1.807) is 0 Å². The largest absolute Gasteiger partial charge is 0.399 e. The van der Waals surface area contributed by atoms with Crippen molar-refractivity contribution in [2.75, 3.05) is 18.8 Å². The van der Waals surface area contributed by atoms with Gasteiger partial charge in [0.25, 0.3) is 0 Å². The monoisotopic (exact) mass is 451 g/mol. The van der Waals surface area contributed by atoms with Gasteiger partial charge in [0.15, 0.2) is 0 Å². The van der Waals surface area contributed by atoms with Crippen LogP contribution in [0.2, 0.25) is 0 Å². The average molecular weight is 452 g/mol. The predicted octanol–water partition coefficient (Wildman–Crippen LogP) is 4.84. The lowest BCUT2D eigenvalue weighted by molar-refractivity contribution is -0.121. The van der Waals surface area contributed by atoms with Gasteiger partial charge in [0.2, 0.25) is 5.91 Å². The molecule has 0 aromatic heterocycles. The summed E-state index contributed by atoms with van der Waals surface area (Å²) in [7, 11) is 0. The molecule has 0 aliphatic carbocycles. The zero-order chi connectivity index (χ0) is 19.9. The Labute approximate surface area is 193 Å². The normalized spacial score (nSPS) is 18.7. The molecule has 2 aromatic rings. The Kier molecular flexibility index (Phi) is 11.2. The molecule has 0 radical (unpaired) electrons. The number of nitrogen functional groups attached to an aromatic ring is 1. The molecule has 1 heterocycles. The predicted molar refractivity (Wildman–Crippen MR) is 130 cm³/mol. The second-order valence-corrected chi connectivity index (χ2v) is 8.43. The van der Waals surface area contributed by atoms with E-state index in [9.17, 15) is 4.79 Å². The molecule has 30 heavy (non-hydrogen) atoms. The molecule has 2 unspecified atom stereocenters. The smallest absolute Gasteiger partial charge is 0.220 e. The number of likely N-dealkylation sites (tertiary alicyclic amines) is 1. The number of anilines is 1. The van der Waals surface area contributed by atoms with Crippen molar-refractivity contribution in [1.29, 1.82) is 0 Å². The van der Waals surface area contributed by atoms with Crippen molar-refractivity contribution in [3.63, 3.8) is 0 Å². The van der Waals surface area contributed by atoms with Crippen LogP contribution >= 0.6 is 24.8 Å². The summed E-state index contributed by atoms with van der Waals surface area (Å²) in [5.41, 5.74) is 10.2. The Morgan fingerprint density at radius 2 is 1.60 bits per heavy atom. The van der Waals surface area contributed by atoms with Gasteiger partial charge in [0.05, 0.1) is 0 Å². The molecule has 1 saturated heterocycles. The van der Waals surface area contributed by atoms with Crippen LogP contribution in [-0.2, 0) is 24.3 Å². The highest BCUT2D eigenvalue weighted by molar-refractivity contribution is 5.85. The van der Waals surface area contributed by atoms with Crippen LogP contribution in [0.1, 0.15) is 43.4 Å². The fourth-order valence-electron chi connectivity index (χ4n) is 4.24. The Hall–Kier alpha value is -1.75. The second kappa shape index (κ2) is 12.8. The van der Waals surface area contributed by atoms with Crippen LogP contribution in [-0.4, -0.2) is 23.9 Å². The maximum Gasteiger partial charge on any atom is 0.220 e. The number of hydrogen-bond acceptors (Lipinski definition) is 3. The van der Waals surface area contributed by atoms with E-state index in [-0.39, 0.29) is 30.7 Å². The van der Waals surface area contributed by atoms with Gasteiger partial charge in [0.1, 0.15) is 0 Å². The van der Waals surface area contributed by atoms with E-state index in [0.717, 1.165) is 35.2 Å². The van der Waals surface area contributed by atoms with Crippen molar-refractivity contribution >= 4 is 36.4 Å². The number of hydrogen-bond donors (Lipinski definition) is 2. The van der Waals surface area contributed by atoms with Gasteiger partial charge in [-0.2, -0.15) is 0 Å². The third-order valence-electron chi connectivity index (χ3n) is 5.54. The minimum Gasteiger partial charge on any atom is -0.399 e. The van der Waals surface area contributed by atoms with Crippen LogP contribution in [0.15, 0.2) is 48.5 Å². The highest BCUT2D eigenvalue weighted by Crippen LogP contribution is 2.22. The molecule has 1 amide bonds. The summed E-state index contributed by atoms with van der Waals surface area (Å²) in [4.78, 5) is 14.7. The van der Waals surface area contributed by atoms with Gasteiger partial charge in [0, 0.05) is 38.3 Å². The van der Waals surface area contributed by atoms with Crippen molar-refractivity contribution in [1.82, 2.24) is 10.2 Å². The van der Waals surface area contributed by atoms with E-state index in [4.69, 9.17) is 5.73 Å². The van der Waals surface area contributed by atoms with Gasteiger partial charge in [-0.25, -0.2) is 0 Å². The van der Waals surface area contributed by atoms with Crippen LogP contribution in [0.3, 0.4) is 0 Å². The number of halogens is 2. The number of para-hydroxylation sites is 1. The van der Waals surface area contributed by atoms with Crippen molar-refractivity contribution < 1.29 is 4.79 Å². The van der Waals surface area contributed by atoms with Crippen LogP contribution in [0, 0.1) is 11.8 Å². The number of rotatable bonds is 7. The van der Waals surface area contributed by atoms with Crippen LogP contribution in [0.4, 0.5) is 5.69 Å². The van der Waals surface area contributed by atoms with Crippen LogP contribution < -0.4 is 11.1 Å². The van der Waals surface area contributed by atoms with Gasteiger partial charge in [-0.1, -0.05) is 56.3 Å². The fourth-order valence-corrected chi connectivity index (χ4v) is 4.24. The number of amides is 1. The third kappa shape index (κ3) is 8.17. The summed E-state index contributed by atoms with van der Waals surface area (Å²) in [6.07, 6.45) is 2.47. The summed E-state index contributed by atoms with van der Waals surface area (Å²) >= 11 is 0. The summed E-state index contributed by atoms with van der Waals surface area (Å²) in [5, 5.41) is 3.01. The van der Waals surface area contributed by atoms with E-state index in [1.807, 2.05) is 24.3 Å². The highest BCUT2D eigenvalue weighted by atomic mass is 35.5. The molecule has 3 N–H and O–H groups in total. The number of benzene rings is 2. The number of carbonyl (C=O) groups is 1. The first kappa shape index (κ1) is 26.3. The molecule has 1 fully saturated rings. The Balaban J connectivity index is 0.00000225. The van der Waals surface area contributed by atoms with Crippen molar-refractivity contribution in [2.24, 2.45) is 11.8 Å². The van der Waals surface area contributed by atoms with E-state index < -0.39 is 0 Å². The Morgan fingerprint density at radius 3 is 2.23 bits per heavy atom. The lowest BCUT2D eigenvalue weighted by atomic mass is 9.91. The van der Waals surface area contributed by atoms with Gasteiger partial charge in [-0.3, -0.25) is 9.69 Å². The van der Waals surface area contributed by atoms with Gasteiger partial charge in [-0.15, -0.1) is 24.8 Å².